The lowest BCUT2D eigenvalue weighted by Gasteiger charge is -2.25. The van der Waals surface area contributed by atoms with Gasteiger partial charge in [-0.1, -0.05) is 5.16 Å². The minimum Gasteiger partial charge on any atom is -0.334 e. The molecular formula is C12H18N6O. The van der Waals surface area contributed by atoms with Crippen molar-refractivity contribution in [3.8, 4) is 11.5 Å². The summed E-state index contributed by atoms with van der Waals surface area (Å²) < 4.78 is 7.13. The van der Waals surface area contributed by atoms with E-state index in [1.165, 1.54) is 0 Å². The van der Waals surface area contributed by atoms with Crippen molar-refractivity contribution in [2.45, 2.75) is 13.5 Å². The van der Waals surface area contributed by atoms with Gasteiger partial charge in [0, 0.05) is 38.9 Å². The van der Waals surface area contributed by atoms with E-state index < -0.39 is 0 Å². The van der Waals surface area contributed by atoms with Gasteiger partial charge in [0.2, 0.25) is 0 Å². The second-order valence-corrected chi connectivity index (χ2v) is 4.81. The smallest absolute Gasteiger partial charge is 0.261 e. The van der Waals surface area contributed by atoms with E-state index in [0.717, 1.165) is 49.8 Å². The Morgan fingerprint density at radius 1 is 1.37 bits per heavy atom. The normalized spacial score (nSPS) is 16.9. The van der Waals surface area contributed by atoms with Crippen LogP contribution in [0.1, 0.15) is 11.5 Å². The highest BCUT2D eigenvalue weighted by molar-refractivity contribution is 5.54. The first-order chi connectivity index (χ1) is 9.24. The number of nitrogens with one attached hydrogen (secondary N) is 1. The Morgan fingerprint density at radius 2 is 2.16 bits per heavy atom. The van der Waals surface area contributed by atoms with Crippen LogP contribution in [0.4, 0.5) is 0 Å². The highest BCUT2D eigenvalue weighted by Gasteiger charge is 2.17. The summed E-state index contributed by atoms with van der Waals surface area (Å²) in [6.07, 6.45) is 1.76. The van der Waals surface area contributed by atoms with Crippen molar-refractivity contribution in [2.24, 2.45) is 7.05 Å². The van der Waals surface area contributed by atoms with Crippen molar-refractivity contribution in [1.82, 2.24) is 30.1 Å². The van der Waals surface area contributed by atoms with E-state index >= 15 is 0 Å². The summed E-state index contributed by atoms with van der Waals surface area (Å²) in [5, 5.41) is 11.6. The monoisotopic (exact) mass is 262 g/mol. The van der Waals surface area contributed by atoms with Crippen LogP contribution in [0.2, 0.25) is 0 Å². The summed E-state index contributed by atoms with van der Waals surface area (Å²) in [5.74, 6) is 1.29. The molecule has 3 heterocycles. The van der Waals surface area contributed by atoms with Gasteiger partial charge in [-0.2, -0.15) is 10.1 Å². The average Bonchev–Trinajstić information content (AvgIpc) is 3.00. The number of aryl methyl sites for hydroxylation is 1. The molecule has 3 rings (SSSR count). The summed E-state index contributed by atoms with van der Waals surface area (Å²) in [6.45, 7) is 6.82. The fourth-order valence-corrected chi connectivity index (χ4v) is 2.21. The van der Waals surface area contributed by atoms with Gasteiger partial charge in [0.25, 0.3) is 5.89 Å². The molecule has 0 aliphatic carbocycles. The van der Waals surface area contributed by atoms with Crippen molar-refractivity contribution in [3.05, 3.63) is 17.7 Å². The molecule has 0 saturated carbocycles. The van der Waals surface area contributed by atoms with Crippen molar-refractivity contribution < 1.29 is 4.52 Å². The standard InChI is InChI=1S/C12H18N6O/c1-9-10(7-14-17(9)2)12-15-11(16-19-12)8-18-5-3-13-4-6-18/h7,13H,3-6,8H2,1-2H3. The lowest BCUT2D eigenvalue weighted by atomic mass is 10.2. The molecule has 2 aromatic heterocycles. The van der Waals surface area contributed by atoms with E-state index in [9.17, 15) is 0 Å². The quantitative estimate of drug-likeness (QED) is 0.851. The van der Waals surface area contributed by atoms with Crippen molar-refractivity contribution in [2.75, 3.05) is 26.2 Å². The fourth-order valence-electron chi connectivity index (χ4n) is 2.21. The summed E-state index contributed by atoms with van der Waals surface area (Å²) in [5.41, 5.74) is 1.93. The SMILES string of the molecule is Cc1c(-c2nc(CN3CCNCC3)no2)cnn1C. The third kappa shape index (κ3) is 2.52. The molecule has 1 aliphatic rings. The molecule has 2 aromatic rings. The Morgan fingerprint density at radius 3 is 2.84 bits per heavy atom. The topological polar surface area (TPSA) is 72.0 Å². The predicted molar refractivity (Wildman–Crippen MR) is 69.4 cm³/mol. The van der Waals surface area contributed by atoms with Crippen LogP contribution in [0.25, 0.3) is 11.5 Å². The Balaban J connectivity index is 1.74. The molecule has 0 amide bonds. The van der Waals surface area contributed by atoms with Gasteiger partial charge in [-0.25, -0.2) is 0 Å². The van der Waals surface area contributed by atoms with Crippen molar-refractivity contribution >= 4 is 0 Å². The number of rotatable bonds is 3. The number of hydrogen-bond donors (Lipinski definition) is 1. The summed E-state index contributed by atoms with van der Waals surface area (Å²) in [6, 6.07) is 0. The highest BCUT2D eigenvalue weighted by atomic mass is 16.5. The number of piperazine rings is 1. The van der Waals surface area contributed by atoms with Crippen LogP contribution in [-0.2, 0) is 13.6 Å². The largest absolute Gasteiger partial charge is 0.334 e. The van der Waals surface area contributed by atoms with Crippen LogP contribution in [0.15, 0.2) is 10.7 Å². The third-order valence-electron chi connectivity index (χ3n) is 3.51. The molecule has 1 N–H and O–H groups in total. The number of hydrogen-bond acceptors (Lipinski definition) is 6. The molecule has 7 nitrogen and oxygen atoms in total. The summed E-state index contributed by atoms with van der Waals surface area (Å²) in [4.78, 5) is 6.78. The van der Waals surface area contributed by atoms with Crippen LogP contribution < -0.4 is 5.32 Å². The van der Waals surface area contributed by atoms with Crippen LogP contribution >= 0.6 is 0 Å². The van der Waals surface area contributed by atoms with Gasteiger partial charge in [0.15, 0.2) is 5.82 Å². The van der Waals surface area contributed by atoms with Gasteiger partial charge in [0.05, 0.1) is 18.3 Å². The summed E-state index contributed by atoms with van der Waals surface area (Å²) in [7, 11) is 1.90. The first kappa shape index (κ1) is 12.3. The average molecular weight is 262 g/mol. The van der Waals surface area contributed by atoms with Gasteiger partial charge in [-0.3, -0.25) is 9.58 Å². The lowest BCUT2D eigenvalue weighted by molar-refractivity contribution is 0.225. The lowest BCUT2D eigenvalue weighted by Crippen LogP contribution is -2.43. The molecule has 1 aliphatic heterocycles. The maximum atomic E-state index is 5.33. The van der Waals surface area contributed by atoms with E-state index in [-0.39, 0.29) is 0 Å². The zero-order chi connectivity index (χ0) is 13.2. The van der Waals surface area contributed by atoms with Crippen LogP contribution in [-0.4, -0.2) is 51.0 Å². The molecule has 0 bridgehead atoms. The van der Waals surface area contributed by atoms with Crippen molar-refractivity contribution in [1.29, 1.82) is 0 Å². The number of nitrogens with zero attached hydrogens (tertiary/aromatic N) is 5. The molecule has 19 heavy (non-hydrogen) atoms. The van der Waals surface area contributed by atoms with Crippen LogP contribution in [0.5, 0.6) is 0 Å². The zero-order valence-corrected chi connectivity index (χ0v) is 11.3. The Kier molecular flexibility index (Phi) is 3.31. The van der Waals surface area contributed by atoms with Gasteiger partial charge in [-0.05, 0) is 6.92 Å². The Bertz CT molecular complexity index is 554. The second-order valence-electron chi connectivity index (χ2n) is 4.81. The minimum absolute atomic E-state index is 0.552. The van der Waals surface area contributed by atoms with Crippen LogP contribution in [0.3, 0.4) is 0 Å². The fraction of sp³-hybridized carbons (Fsp3) is 0.583. The van der Waals surface area contributed by atoms with Gasteiger partial charge < -0.3 is 9.84 Å². The van der Waals surface area contributed by atoms with E-state index in [4.69, 9.17) is 4.52 Å². The molecule has 0 unspecified atom stereocenters. The van der Waals surface area contributed by atoms with E-state index in [1.54, 1.807) is 10.9 Å². The van der Waals surface area contributed by atoms with Crippen molar-refractivity contribution in [3.63, 3.8) is 0 Å². The van der Waals surface area contributed by atoms with Gasteiger partial charge >= 0.3 is 0 Å². The van der Waals surface area contributed by atoms with Gasteiger partial charge in [0.1, 0.15) is 0 Å². The minimum atomic E-state index is 0.552. The maximum Gasteiger partial charge on any atom is 0.261 e. The molecule has 7 heteroatoms. The number of aromatic nitrogens is 4. The second kappa shape index (κ2) is 5.10. The molecule has 0 aromatic carbocycles. The van der Waals surface area contributed by atoms with E-state index in [1.807, 2.05) is 14.0 Å². The first-order valence-corrected chi connectivity index (χ1v) is 6.48. The first-order valence-electron chi connectivity index (χ1n) is 6.48. The summed E-state index contributed by atoms with van der Waals surface area (Å²) >= 11 is 0. The zero-order valence-electron chi connectivity index (χ0n) is 11.3. The molecule has 0 radical (unpaired) electrons. The van der Waals surface area contributed by atoms with E-state index in [2.05, 4.69) is 25.5 Å². The molecule has 1 fully saturated rings. The molecular weight excluding hydrogens is 244 g/mol. The highest BCUT2D eigenvalue weighted by Crippen LogP contribution is 2.20. The van der Waals surface area contributed by atoms with Gasteiger partial charge in [-0.15, -0.1) is 0 Å². The Labute approximate surface area is 111 Å². The molecule has 0 atom stereocenters. The third-order valence-corrected chi connectivity index (χ3v) is 3.51. The predicted octanol–water partition coefficient (Wildman–Crippen LogP) is 0.184. The Hall–Kier alpha value is -1.73. The maximum absolute atomic E-state index is 5.33. The molecule has 0 spiro atoms. The molecule has 102 valence electrons. The molecule has 1 saturated heterocycles. The van der Waals surface area contributed by atoms with Crippen LogP contribution in [0, 0.1) is 6.92 Å². The van der Waals surface area contributed by atoms with E-state index in [0.29, 0.717) is 5.89 Å².